The summed E-state index contributed by atoms with van der Waals surface area (Å²) in [6.07, 6.45) is 1.62. The number of carbonyl (C=O) groups excluding carboxylic acids is 1. The molecule has 3 aromatic carbocycles. The van der Waals surface area contributed by atoms with E-state index in [0.29, 0.717) is 5.56 Å². The molecule has 0 radical (unpaired) electrons. The first kappa shape index (κ1) is 16.5. The Hall–Kier alpha value is -3.40. The Balaban J connectivity index is 1.72. The highest BCUT2D eigenvalue weighted by molar-refractivity contribution is 5.96. The summed E-state index contributed by atoms with van der Waals surface area (Å²) in [5.41, 5.74) is 6.01. The highest BCUT2D eigenvalue weighted by Gasteiger charge is 2.06. The molecule has 4 nitrogen and oxygen atoms in total. The van der Waals surface area contributed by atoms with Crippen molar-refractivity contribution in [2.75, 3.05) is 7.11 Å². The van der Waals surface area contributed by atoms with Crippen molar-refractivity contribution < 1.29 is 9.53 Å². The van der Waals surface area contributed by atoms with Crippen molar-refractivity contribution >= 4 is 12.1 Å². The van der Waals surface area contributed by atoms with E-state index in [0.717, 1.165) is 22.4 Å². The van der Waals surface area contributed by atoms with E-state index in [-0.39, 0.29) is 5.91 Å². The summed E-state index contributed by atoms with van der Waals surface area (Å²) in [6, 6.07) is 24.7. The van der Waals surface area contributed by atoms with Gasteiger partial charge in [0.15, 0.2) is 0 Å². The van der Waals surface area contributed by atoms with Gasteiger partial charge in [0, 0.05) is 5.56 Å². The molecule has 0 aliphatic carbocycles. The Kier molecular flexibility index (Phi) is 5.22. The average Bonchev–Trinajstić information content (AvgIpc) is 2.69. The minimum Gasteiger partial charge on any atom is -0.497 e. The summed E-state index contributed by atoms with van der Waals surface area (Å²) in [7, 11) is 1.63. The van der Waals surface area contributed by atoms with Crippen LogP contribution in [0, 0.1) is 0 Å². The fourth-order valence-electron chi connectivity index (χ4n) is 2.39. The van der Waals surface area contributed by atoms with Crippen LogP contribution in [0.25, 0.3) is 11.1 Å². The summed E-state index contributed by atoms with van der Waals surface area (Å²) in [5.74, 6) is 0.551. The second-order valence-corrected chi connectivity index (χ2v) is 5.42. The Morgan fingerprint density at radius 2 is 1.68 bits per heavy atom. The Morgan fingerprint density at radius 3 is 2.40 bits per heavy atom. The van der Waals surface area contributed by atoms with E-state index in [1.54, 1.807) is 19.4 Å². The van der Waals surface area contributed by atoms with E-state index >= 15 is 0 Å². The van der Waals surface area contributed by atoms with Gasteiger partial charge in [0.05, 0.1) is 13.3 Å². The van der Waals surface area contributed by atoms with Gasteiger partial charge in [-0.2, -0.15) is 5.10 Å². The Morgan fingerprint density at radius 1 is 0.920 bits per heavy atom. The molecule has 0 saturated heterocycles. The van der Waals surface area contributed by atoms with Crippen LogP contribution in [0.15, 0.2) is 84.0 Å². The molecule has 124 valence electrons. The number of hydrogen-bond donors (Lipinski definition) is 1. The Bertz CT molecular complexity index is 872. The number of amides is 1. The molecule has 0 aliphatic heterocycles. The molecule has 3 rings (SSSR count). The molecule has 4 heteroatoms. The zero-order valence-electron chi connectivity index (χ0n) is 13.8. The standard InChI is InChI=1S/C21H18N2O2/c1-25-20-12-10-17(11-13-20)18-8-5-9-19(14-18)21(24)23-22-15-16-6-3-2-4-7-16/h2-15H,1H3,(H,23,24). The molecule has 0 atom stereocenters. The highest BCUT2D eigenvalue weighted by Crippen LogP contribution is 2.23. The maximum Gasteiger partial charge on any atom is 0.271 e. The van der Waals surface area contributed by atoms with Crippen molar-refractivity contribution in [2.45, 2.75) is 0 Å². The molecule has 0 aromatic heterocycles. The number of hydrogen-bond acceptors (Lipinski definition) is 3. The monoisotopic (exact) mass is 330 g/mol. The van der Waals surface area contributed by atoms with E-state index in [1.807, 2.05) is 72.8 Å². The van der Waals surface area contributed by atoms with Crippen LogP contribution in [-0.4, -0.2) is 19.2 Å². The first-order chi connectivity index (χ1) is 12.3. The van der Waals surface area contributed by atoms with E-state index in [1.165, 1.54) is 0 Å². The van der Waals surface area contributed by atoms with Gasteiger partial charge < -0.3 is 4.74 Å². The minimum absolute atomic E-state index is 0.248. The molecule has 0 aliphatic rings. The molecular weight excluding hydrogens is 312 g/mol. The molecule has 0 saturated carbocycles. The number of nitrogens with zero attached hydrogens (tertiary/aromatic N) is 1. The molecule has 0 spiro atoms. The smallest absolute Gasteiger partial charge is 0.271 e. The van der Waals surface area contributed by atoms with Crippen molar-refractivity contribution in [1.82, 2.24) is 5.43 Å². The third kappa shape index (κ3) is 4.32. The summed E-state index contributed by atoms with van der Waals surface area (Å²) in [6.45, 7) is 0. The number of methoxy groups -OCH3 is 1. The summed E-state index contributed by atoms with van der Waals surface area (Å²) >= 11 is 0. The van der Waals surface area contributed by atoms with Crippen LogP contribution in [0.1, 0.15) is 15.9 Å². The van der Waals surface area contributed by atoms with Crippen LogP contribution in [0.3, 0.4) is 0 Å². The molecule has 0 heterocycles. The van der Waals surface area contributed by atoms with Crippen molar-refractivity contribution in [3.05, 3.63) is 90.0 Å². The minimum atomic E-state index is -0.248. The summed E-state index contributed by atoms with van der Waals surface area (Å²) in [5, 5.41) is 4.00. The number of carbonyl (C=O) groups is 1. The molecular formula is C21H18N2O2. The van der Waals surface area contributed by atoms with Crippen LogP contribution in [0.2, 0.25) is 0 Å². The zero-order valence-corrected chi connectivity index (χ0v) is 13.8. The average molecular weight is 330 g/mol. The summed E-state index contributed by atoms with van der Waals surface area (Å²) in [4.78, 5) is 12.3. The quantitative estimate of drug-likeness (QED) is 0.565. The Labute approximate surface area is 146 Å². The lowest BCUT2D eigenvalue weighted by Crippen LogP contribution is -2.17. The zero-order chi connectivity index (χ0) is 17.5. The predicted octanol–water partition coefficient (Wildman–Crippen LogP) is 4.13. The van der Waals surface area contributed by atoms with Gasteiger partial charge >= 0.3 is 0 Å². The molecule has 1 amide bonds. The van der Waals surface area contributed by atoms with Gasteiger partial charge in [-0.1, -0.05) is 54.6 Å². The molecule has 0 bridgehead atoms. The lowest BCUT2D eigenvalue weighted by Gasteiger charge is -2.06. The van der Waals surface area contributed by atoms with Crippen LogP contribution in [0.4, 0.5) is 0 Å². The number of hydrazone groups is 1. The molecule has 3 aromatic rings. The van der Waals surface area contributed by atoms with Crippen LogP contribution in [-0.2, 0) is 0 Å². The van der Waals surface area contributed by atoms with Gasteiger partial charge in [0.25, 0.3) is 5.91 Å². The van der Waals surface area contributed by atoms with Gasteiger partial charge in [0.1, 0.15) is 5.75 Å². The number of nitrogens with one attached hydrogen (secondary N) is 1. The lowest BCUT2D eigenvalue weighted by atomic mass is 10.0. The van der Waals surface area contributed by atoms with Gasteiger partial charge in [-0.3, -0.25) is 4.79 Å². The number of benzene rings is 3. The van der Waals surface area contributed by atoms with Crippen LogP contribution < -0.4 is 10.2 Å². The maximum absolute atomic E-state index is 12.3. The predicted molar refractivity (Wildman–Crippen MR) is 99.9 cm³/mol. The van der Waals surface area contributed by atoms with E-state index in [2.05, 4.69) is 10.5 Å². The molecule has 25 heavy (non-hydrogen) atoms. The van der Waals surface area contributed by atoms with E-state index < -0.39 is 0 Å². The van der Waals surface area contributed by atoms with Crippen LogP contribution in [0.5, 0.6) is 5.75 Å². The first-order valence-electron chi connectivity index (χ1n) is 7.89. The SMILES string of the molecule is COc1ccc(-c2cccc(C(=O)NN=Cc3ccccc3)c2)cc1. The van der Waals surface area contributed by atoms with Gasteiger partial charge in [-0.25, -0.2) is 5.43 Å². The second kappa shape index (κ2) is 7.93. The van der Waals surface area contributed by atoms with E-state index in [4.69, 9.17) is 4.74 Å². The van der Waals surface area contributed by atoms with Crippen LogP contribution >= 0.6 is 0 Å². The third-order valence-corrected chi connectivity index (χ3v) is 3.73. The largest absolute Gasteiger partial charge is 0.497 e. The van der Waals surface area contributed by atoms with Crippen molar-refractivity contribution in [3.63, 3.8) is 0 Å². The third-order valence-electron chi connectivity index (χ3n) is 3.73. The van der Waals surface area contributed by atoms with Crippen molar-refractivity contribution in [1.29, 1.82) is 0 Å². The van der Waals surface area contributed by atoms with Crippen molar-refractivity contribution in [3.8, 4) is 16.9 Å². The highest BCUT2D eigenvalue weighted by atomic mass is 16.5. The van der Waals surface area contributed by atoms with E-state index in [9.17, 15) is 4.79 Å². The molecule has 0 fully saturated rings. The lowest BCUT2D eigenvalue weighted by molar-refractivity contribution is 0.0955. The van der Waals surface area contributed by atoms with Crippen molar-refractivity contribution in [2.24, 2.45) is 5.10 Å². The van der Waals surface area contributed by atoms with Gasteiger partial charge in [-0.05, 0) is 41.0 Å². The first-order valence-corrected chi connectivity index (χ1v) is 7.89. The fourth-order valence-corrected chi connectivity index (χ4v) is 2.39. The second-order valence-electron chi connectivity index (χ2n) is 5.42. The summed E-state index contributed by atoms with van der Waals surface area (Å²) < 4.78 is 5.17. The number of rotatable bonds is 5. The fraction of sp³-hybridized carbons (Fsp3) is 0.0476. The number of ether oxygens (including phenoxy) is 1. The van der Waals surface area contributed by atoms with Gasteiger partial charge in [0.2, 0.25) is 0 Å². The molecule has 1 N–H and O–H groups in total. The maximum atomic E-state index is 12.3. The molecule has 0 unspecified atom stereocenters. The van der Waals surface area contributed by atoms with Gasteiger partial charge in [-0.15, -0.1) is 0 Å². The topological polar surface area (TPSA) is 50.7 Å². The normalized spacial score (nSPS) is 10.6.